The molecule has 140 valence electrons. The van der Waals surface area contributed by atoms with Crippen molar-refractivity contribution in [3.05, 3.63) is 42.0 Å². The molecule has 1 unspecified atom stereocenters. The first-order chi connectivity index (χ1) is 13.0. The third-order valence-electron chi connectivity index (χ3n) is 3.99. The van der Waals surface area contributed by atoms with Crippen molar-refractivity contribution in [3.63, 3.8) is 0 Å². The number of anilines is 3. The van der Waals surface area contributed by atoms with Crippen molar-refractivity contribution in [1.29, 1.82) is 0 Å². The fourth-order valence-electron chi connectivity index (χ4n) is 2.52. The molecule has 0 amide bonds. The Morgan fingerprint density at radius 2 is 1.96 bits per heavy atom. The molecular weight excluding hydrogens is 344 g/mol. The molecule has 0 saturated carbocycles. The average Bonchev–Trinajstić information content (AvgIpc) is 2.67. The molecule has 3 heterocycles. The van der Waals surface area contributed by atoms with Gasteiger partial charge >= 0.3 is 0 Å². The van der Waals surface area contributed by atoms with Crippen molar-refractivity contribution in [2.24, 2.45) is 5.73 Å². The Bertz CT molecular complexity index is 909. The lowest BCUT2D eigenvalue weighted by atomic mass is 10.0. The Balaban J connectivity index is 2.06. The highest BCUT2D eigenvalue weighted by Crippen LogP contribution is 2.29. The van der Waals surface area contributed by atoms with Crippen LogP contribution >= 0.6 is 0 Å². The van der Waals surface area contributed by atoms with Crippen LogP contribution in [0.1, 0.15) is 30.8 Å². The number of rotatable bonds is 6. The molecule has 3 aromatic rings. The molecule has 0 saturated heterocycles. The summed E-state index contributed by atoms with van der Waals surface area (Å²) in [5.41, 5.74) is 14.3. The fraction of sp³-hybridized carbons (Fsp3) is 0.278. The molecule has 9 heteroatoms. The number of nitrogens with two attached hydrogens (primary N) is 2. The number of aryl methyl sites for hydroxylation is 1. The molecule has 0 radical (unpaired) electrons. The minimum absolute atomic E-state index is 0.131. The summed E-state index contributed by atoms with van der Waals surface area (Å²) in [6.45, 7) is 3.78. The van der Waals surface area contributed by atoms with Gasteiger partial charge in [0, 0.05) is 18.3 Å². The first kappa shape index (κ1) is 18.5. The summed E-state index contributed by atoms with van der Waals surface area (Å²) in [6, 6.07) is 5.40. The molecule has 1 atom stereocenters. The zero-order chi connectivity index (χ0) is 19.4. The summed E-state index contributed by atoms with van der Waals surface area (Å²) < 4.78 is 5.08. The Morgan fingerprint density at radius 1 is 1.15 bits per heavy atom. The molecule has 9 nitrogen and oxygen atoms in total. The highest BCUT2D eigenvalue weighted by Gasteiger charge is 2.15. The van der Waals surface area contributed by atoms with Crippen LogP contribution in [0, 0.1) is 6.92 Å². The summed E-state index contributed by atoms with van der Waals surface area (Å²) in [5.74, 6) is 2.21. The number of pyridine rings is 2. The minimum atomic E-state index is -0.131. The van der Waals surface area contributed by atoms with E-state index in [4.69, 9.17) is 16.2 Å². The summed E-state index contributed by atoms with van der Waals surface area (Å²) in [7, 11) is 1.57. The van der Waals surface area contributed by atoms with Gasteiger partial charge in [-0.2, -0.15) is 9.97 Å². The van der Waals surface area contributed by atoms with E-state index in [0.717, 1.165) is 17.7 Å². The second kappa shape index (κ2) is 7.92. The van der Waals surface area contributed by atoms with Gasteiger partial charge in [0.15, 0.2) is 5.82 Å². The van der Waals surface area contributed by atoms with E-state index < -0.39 is 0 Å². The van der Waals surface area contributed by atoms with E-state index in [1.54, 1.807) is 32.5 Å². The van der Waals surface area contributed by atoms with Crippen molar-refractivity contribution in [1.82, 2.24) is 24.9 Å². The van der Waals surface area contributed by atoms with Crippen LogP contribution in [0.2, 0.25) is 0 Å². The highest BCUT2D eigenvalue weighted by molar-refractivity contribution is 5.75. The SMILES string of the molecule is CCC(N)c1cnc(Nc2ccc(OC)nc2)c(-c2nc(C)nc(N)n2)c1. The minimum Gasteiger partial charge on any atom is -0.481 e. The number of methoxy groups -OCH3 is 1. The van der Waals surface area contributed by atoms with Gasteiger partial charge in [0.2, 0.25) is 11.8 Å². The van der Waals surface area contributed by atoms with Gasteiger partial charge in [0.05, 0.1) is 24.6 Å². The number of nitrogens with one attached hydrogen (secondary N) is 1. The monoisotopic (exact) mass is 366 g/mol. The van der Waals surface area contributed by atoms with Crippen LogP contribution in [0.3, 0.4) is 0 Å². The predicted molar refractivity (Wildman–Crippen MR) is 103 cm³/mol. The average molecular weight is 366 g/mol. The molecule has 0 spiro atoms. The smallest absolute Gasteiger partial charge is 0.223 e. The maximum absolute atomic E-state index is 6.17. The second-order valence-electron chi connectivity index (χ2n) is 5.96. The van der Waals surface area contributed by atoms with Gasteiger partial charge in [-0.1, -0.05) is 6.92 Å². The van der Waals surface area contributed by atoms with E-state index in [2.05, 4.69) is 30.2 Å². The van der Waals surface area contributed by atoms with Crippen LogP contribution in [0.25, 0.3) is 11.4 Å². The lowest BCUT2D eigenvalue weighted by Crippen LogP contribution is -2.11. The lowest BCUT2D eigenvalue weighted by Gasteiger charge is -2.15. The van der Waals surface area contributed by atoms with Crippen LogP contribution in [0.5, 0.6) is 5.88 Å². The topological polar surface area (TPSA) is 138 Å². The number of nitrogens with zero attached hydrogens (tertiary/aromatic N) is 5. The van der Waals surface area contributed by atoms with Gasteiger partial charge in [-0.15, -0.1) is 0 Å². The lowest BCUT2D eigenvalue weighted by molar-refractivity contribution is 0.398. The summed E-state index contributed by atoms with van der Waals surface area (Å²) in [6.07, 6.45) is 4.19. The zero-order valence-electron chi connectivity index (χ0n) is 15.5. The normalized spacial score (nSPS) is 11.9. The Labute approximate surface area is 157 Å². The van der Waals surface area contributed by atoms with Crippen molar-refractivity contribution >= 4 is 17.5 Å². The first-order valence-electron chi connectivity index (χ1n) is 8.51. The van der Waals surface area contributed by atoms with E-state index in [9.17, 15) is 0 Å². The number of nitrogen functional groups attached to an aromatic ring is 1. The summed E-state index contributed by atoms with van der Waals surface area (Å²) >= 11 is 0. The number of ether oxygens (including phenoxy) is 1. The van der Waals surface area contributed by atoms with Crippen molar-refractivity contribution in [2.45, 2.75) is 26.3 Å². The predicted octanol–water partition coefficient (Wildman–Crippen LogP) is 2.38. The number of aromatic nitrogens is 5. The molecular formula is C18H22N8O. The largest absolute Gasteiger partial charge is 0.481 e. The van der Waals surface area contributed by atoms with Gasteiger partial charge in [-0.05, 0) is 31.0 Å². The van der Waals surface area contributed by atoms with Gasteiger partial charge in [-0.3, -0.25) is 0 Å². The molecule has 3 aromatic heterocycles. The van der Waals surface area contributed by atoms with E-state index in [1.165, 1.54) is 0 Å². The van der Waals surface area contributed by atoms with Gasteiger partial charge in [0.25, 0.3) is 0 Å². The quantitative estimate of drug-likeness (QED) is 0.600. The summed E-state index contributed by atoms with van der Waals surface area (Å²) in [5, 5.41) is 3.23. The Kier molecular flexibility index (Phi) is 5.41. The highest BCUT2D eigenvalue weighted by atomic mass is 16.5. The Hall–Kier alpha value is -3.33. The van der Waals surface area contributed by atoms with Crippen LogP contribution in [-0.4, -0.2) is 32.0 Å². The third kappa shape index (κ3) is 4.26. The summed E-state index contributed by atoms with van der Waals surface area (Å²) in [4.78, 5) is 21.4. The second-order valence-corrected chi connectivity index (χ2v) is 5.96. The zero-order valence-corrected chi connectivity index (χ0v) is 15.5. The van der Waals surface area contributed by atoms with Crippen LogP contribution in [0.4, 0.5) is 17.5 Å². The van der Waals surface area contributed by atoms with Crippen LogP contribution < -0.4 is 21.5 Å². The van der Waals surface area contributed by atoms with Crippen molar-refractivity contribution in [2.75, 3.05) is 18.2 Å². The van der Waals surface area contributed by atoms with E-state index in [-0.39, 0.29) is 12.0 Å². The number of hydrogen-bond donors (Lipinski definition) is 3. The van der Waals surface area contributed by atoms with E-state index in [0.29, 0.717) is 28.9 Å². The van der Waals surface area contributed by atoms with Gasteiger partial charge < -0.3 is 21.5 Å². The maximum atomic E-state index is 6.17. The fourth-order valence-corrected chi connectivity index (χ4v) is 2.52. The molecule has 5 N–H and O–H groups in total. The molecule has 0 aliphatic carbocycles. The van der Waals surface area contributed by atoms with Crippen LogP contribution in [0.15, 0.2) is 30.6 Å². The van der Waals surface area contributed by atoms with Crippen molar-refractivity contribution < 1.29 is 4.74 Å². The number of hydrogen-bond acceptors (Lipinski definition) is 9. The Morgan fingerprint density at radius 3 is 2.59 bits per heavy atom. The van der Waals surface area contributed by atoms with Crippen LogP contribution in [-0.2, 0) is 0 Å². The van der Waals surface area contributed by atoms with E-state index in [1.807, 2.05) is 19.1 Å². The molecule has 3 rings (SSSR count). The van der Waals surface area contributed by atoms with Crippen molar-refractivity contribution in [3.8, 4) is 17.3 Å². The first-order valence-corrected chi connectivity index (χ1v) is 8.51. The van der Waals surface area contributed by atoms with E-state index >= 15 is 0 Å². The standard InChI is InChI=1S/C18H22N8O/c1-4-14(19)11-7-13(17-23-10(2)24-18(20)26-17)16(22-8-11)25-12-5-6-15(27-3)21-9-12/h5-9,14H,4,19H2,1-3H3,(H,22,25)(H2,20,23,24,26). The molecule has 0 bridgehead atoms. The molecule has 0 aromatic carbocycles. The molecule has 0 aliphatic heterocycles. The van der Waals surface area contributed by atoms with Gasteiger partial charge in [0.1, 0.15) is 11.6 Å². The molecule has 0 fully saturated rings. The van der Waals surface area contributed by atoms with Gasteiger partial charge in [-0.25, -0.2) is 15.0 Å². The molecule has 27 heavy (non-hydrogen) atoms. The molecule has 0 aliphatic rings. The maximum Gasteiger partial charge on any atom is 0.223 e. The third-order valence-corrected chi connectivity index (χ3v) is 3.99.